The maximum atomic E-state index is 11.8. The number of aliphatic hydroxyl groups excluding tert-OH is 1. The number of amides is 1. The van der Waals surface area contributed by atoms with Crippen LogP contribution in [0.5, 0.6) is 0 Å². The summed E-state index contributed by atoms with van der Waals surface area (Å²) in [5.74, 6) is -0.270. The van der Waals surface area contributed by atoms with E-state index in [0.717, 1.165) is 6.26 Å². The molecular formula is C10H20N2O4S. The van der Waals surface area contributed by atoms with Crippen LogP contribution in [-0.2, 0) is 14.8 Å². The van der Waals surface area contributed by atoms with Crippen molar-refractivity contribution < 1.29 is 18.3 Å². The lowest BCUT2D eigenvalue weighted by Gasteiger charge is -2.21. The molecule has 1 saturated heterocycles. The number of sulfonamides is 1. The normalized spacial score (nSPS) is 23.6. The van der Waals surface area contributed by atoms with E-state index in [4.69, 9.17) is 5.11 Å². The van der Waals surface area contributed by atoms with E-state index < -0.39 is 22.2 Å². The fraction of sp³-hybridized carbons (Fsp3) is 0.900. The average molecular weight is 264 g/mol. The molecule has 1 heterocycles. The first kappa shape index (κ1) is 14.4. The van der Waals surface area contributed by atoms with Gasteiger partial charge in [0.1, 0.15) is 6.04 Å². The summed E-state index contributed by atoms with van der Waals surface area (Å²) in [6, 6.07) is -0.584. The van der Waals surface area contributed by atoms with Crippen molar-refractivity contribution in [1.82, 2.24) is 9.62 Å². The summed E-state index contributed by atoms with van der Waals surface area (Å²) < 4.78 is 24.1. The average Bonchev–Trinajstić information content (AvgIpc) is 2.64. The molecule has 0 aromatic heterocycles. The number of nitrogens with zero attached hydrogens (tertiary/aromatic N) is 1. The standard InChI is InChI=1S/C10H20N2O4S/c1-8(13)5-6-11-10(14)9-4-3-7-12(9)17(2,15)16/h8-9,13H,3-7H2,1-2H3,(H,11,14). The van der Waals surface area contributed by atoms with Gasteiger partial charge in [0.15, 0.2) is 0 Å². The molecule has 1 fully saturated rings. The Morgan fingerprint density at radius 1 is 1.59 bits per heavy atom. The number of carbonyl (C=O) groups excluding carboxylic acids is 1. The molecule has 0 bridgehead atoms. The fourth-order valence-corrected chi connectivity index (χ4v) is 3.05. The Morgan fingerprint density at radius 3 is 2.76 bits per heavy atom. The van der Waals surface area contributed by atoms with Gasteiger partial charge in [-0.3, -0.25) is 4.79 Å². The van der Waals surface area contributed by atoms with Crippen molar-refractivity contribution in [3.8, 4) is 0 Å². The first-order chi connectivity index (χ1) is 7.82. The zero-order chi connectivity index (χ0) is 13.1. The summed E-state index contributed by atoms with van der Waals surface area (Å²) >= 11 is 0. The molecule has 7 heteroatoms. The Morgan fingerprint density at radius 2 is 2.24 bits per heavy atom. The third kappa shape index (κ3) is 4.25. The van der Waals surface area contributed by atoms with Gasteiger partial charge in [0.25, 0.3) is 0 Å². The van der Waals surface area contributed by atoms with Crippen molar-refractivity contribution in [2.75, 3.05) is 19.3 Å². The van der Waals surface area contributed by atoms with Gasteiger partial charge in [-0.2, -0.15) is 4.31 Å². The number of rotatable bonds is 5. The molecular weight excluding hydrogens is 244 g/mol. The minimum atomic E-state index is -3.31. The van der Waals surface area contributed by atoms with Gasteiger partial charge < -0.3 is 10.4 Å². The number of nitrogens with one attached hydrogen (secondary N) is 1. The van der Waals surface area contributed by atoms with E-state index in [1.807, 2.05) is 0 Å². The highest BCUT2D eigenvalue weighted by atomic mass is 32.2. The maximum absolute atomic E-state index is 11.8. The topological polar surface area (TPSA) is 86.7 Å². The quantitative estimate of drug-likeness (QED) is 0.687. The Kier molecular flexibility index (Phi) is 4.91. The molecule has 1 aliphatic rings. The summed E-state index contributed by atoms with van der Waals surface area (Å²) in [7, 11) is -3.31. The lowest BCUT2D eigenvalue weighted by molar-refractivity contribution is -0.124. The third-order valence-electron chi connectivity index (χ3n) is 2.79. The van der Waals surface area contributed by atoms with E-state index in [-0.39, 0.29) is 5.91 Å². The third-order valence-corrected chi connectivity index (χ3v) is 4.08. The minimum absolute atomic E-state index is 0.270. The van der Waals surface area contributed by atoms with Crippen molar-refractivity contribution >= 4 is 15.9 Å². The van der Waals surface area contributed by atoms with Crippen LogP contribution in [0.25, 0.3) is 0 Å². The van der Waals surface area contributed by atoms with E-state index in [0.29, 0.717) is 32.4 Å². The Labute approximate surface area is 102 Å². The monoisotopic (exact) mass is 264 g/mol. The first-order valence-corrected chi connectivity index (χ1v) is 7.60. The van der Waals surface area contributed by atoms with Gasteiger partial charge >= 0.3 is 0 Å². The molecule has 1 aliphatic heterocycles. The van der Waals surface area contributed by atoms with Crippen LogP contribution in [0.1, 0.15) is 26.2 Å². The van der Waals surface area contributed by atoms with Crippen LogP contribution in [0.2, 0.25) is 0 Å². The SMILES string of the molecule is CC(O)CCNC(=O)C1CCCN1S(C)(=O)=O. The van der Waals surface area contributed by atoms with Gasteiger partial charge in [-0.05, 0) is 26.2 Å². The zero-order valence-electron chi connectivity index (χ0n) is 10.2. The zero-order valence-corrected chi connectivity index (χ0v) is 11.0. The second-order valence-corrected chi connectivity index (χ2v) is 6.40. The smallest absolute Gasteiger partial charge is 0.238 e. The Hall–Kier alpha value is -0.660. The van der Waals surface area contributed by atoms with Crippen molar-refractivity contribution in [3.05, 3.63) is 0 Å². The first-order valence-electron chi connectivity index (χ1n) is 5.75. The largest absolute Gasteiger partial charge is 0.393 e. The summed E-state index contributed by atoms with van der Waals surface area (Å²) in [5.41, 5.74) is 0. The summed E-state index contributed by atoms with van der Waals surface area (Å²) in [6.45, 7) is 2.42. The summed E-state index contributed by atoms with van der Waals surface area (Å²) in [6.07, 6.45) is 2.39. The predicted molar refractivity (Wildman–Crippen MR) is 63.9 cm³/mol. The van der Waals surface area contributed by atoms with Crippen molar-refractivity contribution in [1.29, 1.82) is 0 Å². The summed E-state index contributed by atoms with van der Waals surface area (Å²) in [5, 5.41) is 11.7. The van der Waals surface area contributed by atoms with Gasteiger partial charge in [-0.1, -0.05) is 0 Å². The Balaban J connectivity index is 2.51. The van der Waals surface area contributed by atoms with Gasteiger partial charge in [0.05, 0.1) is 12.4 Å². The molecule has 6 nitrogen and oxygen atoms in total. The van der Waals surface area contributed by atoms with Gasteiger partial charge in [0, 0.05) is 13.1 Å². The lowest BCUT2D eigenvalue weighted by atomic mass is 10.2. The van der Waals surface area contributed by atoms with E-state index in [1.165, 1.54) is 4.31 Å². The van der Waals surface area contributed by atoms with Crippen LogP contribution in [0.3, 0.4) is 0 Å². The molecule has 0 aliphatic carbocycles. The van der Waals surface area contributed by atoms with Crippen LogP contribution in [0, 0.1) is 0 Å². The molecule has 2 atom stereocenters. The molecule has 1 rings (SSSR count). The van der Waals surface area contributed by atoms with Crippen LogP contribution in [0.15, 0.2) is 0 Å². The molecule has 0 radical (unpaired) electrons. The van der Waals surface area contributed by atoms with Crippen molar-refractivity contribution in [3.63, 3.8) is 0 Å². The molecule has 0 aromatic rings. The fourth-order valence-electron chi connectivity index (χ4n) is 1.92. The highest BCUT2D eigenvalue weighted by Gasteiger charge is 2.36. The second kappa shape index (κ2) is 5.79. The number of hydrogen-bond acceptors (Lipinski definition) is 4. The lowest BCUT2D eigenvalue weighted by Crippen LogP contribution is -2.45. The highest BCUT2D eigenvalue weighted by Crippen LogP contribution is 2.20. The van der Waals surface area contributed by atoms with Crippen LogP contribution < -0.4 is 5.32 Å². The van der Waals surface area contributed by atoms with Crippen molar-refractivity contribution in [2.45, 2.75) is 38.3 Å². The van der Waals surface area contributed by atoms with Gasteiger partial charge in [-0.15, -0.1) is 0 Å². The number of aliphatic hydroxyl groups is 1. The van der Waals surface area contributed by atoms with E-state index in [9.17, 15) is 13.2 Å². The predicted octanol–water partition coefficient (Wildman–Crippen LogP) is -0.702. The highest BCUT2D eigenvalue weighted by molar-refractivity contribution is 7.88. The van der Waals surface area contributed by atoms with Gasteiger partial charge in [-0.25, -0.2) is 8.42 Å². The molecule has 2 N–H and O–H groups in total. The molecule has 2 unspecified atom stereocenters. The van der Waals surface area contributed by atoms with Crippen LogP contribution in [0.4, 0.5) is 0 Å². The van der Waals surface area contributed by atoms with Crippen LogP contribution >= 0.6 is 0 Å². The molecule has 0 saturated carbocycles. The minimum Gasteiger partial charge on any atom is -0.393 e. The molecule has 17 heavy (non-hydrogen) atoms. The molecule has 1 amide bonds. The number of carbonyl (C=O) groups is 1. The molecule has 0 spiro atoms. The number of hydrogen-bond donors (Lipinski definition) is 2. The van der Waals surface area contributed by atoms with Crippen LogP contribution in [-0.4, -0.2) is 55.2 Å². The molecule has 100 valence electrons. The maximum Gasteiger partial charge on any atom is 0.238 e. The van der Waals surface area contributed by atoms with Gasteiger partial charge in [0.2, 0.25) is 15.9 Å². The second-order valence-electron chi connectivity index (χ2n) is 4.46. The van der Waals surface area contributed by atoms with E-state index in [2.05, 4.69) is 5.32 Å². The summed E-state index contributed by atoms with van der Waals surface area (Å²) in [4.78, 5) is 11.8. The van der Waals surface area contributed by atoms with Crippen molar-refractivity contribution in [2.24, 2.45) is 0 Å². The van der Waals surface area contributed by atoms with E-state index >= 15 is 0 Å². The molecule has 0 aromatic carbocycles. The Bertz CT molecular complexity index is 367. The van der Waals surface area contributed by atoms with E-state index in [1.54, 1.807) is 6.92 Å².